The van der Waals surface area contributed by atoms with E-state index < -0.39 is 66.7 Å². The fourth-order valence-corrected chi connectivity index (χ4v) is 5.85. The number of aliphatic hydroxyl groups excluding tert-OH is 1. The molecule has 2 bridgehead atoms. The lowest BCUT2D eigenvalue weighted by molar-refractivity contribution is -0.141. The Morgan fingerprint density at radius 1 is 0.873 bits per heavy atom. The number of hydrogen-bond acceptors (Lipinski definition) is 9. The molecule has 1 saturated carbocycles. The van der Waals surface area contributed by atoms with Crippen molar-refractivity contribution >= 4 is 41.7 Å². The lowest BCUT2D eigenvalue weighted by atomic mass is 10.0. The van der Waals surface area contributed by atoms with Gasteiger partial charge in [-0.05, 0) is 48.9 Å². The number of carbonyl (C=O) groups excluding carboxylic acids is 7. The smallest absolute Gasteiger partial charge is 0.315 e. The van der Waals surface area contributed by atoms with Gasteiger partial charge in [0.25, 0.3) is 5.91 Å². The fraction of sp³-hybridized carbons (Fsp3) is 0.525. The van der Waals surface area contributed by atoms with Crippen LogP contribution in [0.2, 0.25) is 0 Å². The van der Waals surface area contributed by atoms with E-state index in [4.69, 9.17) is 9.84 Å². The molecule has 2 aliphatic rings. The maximum Gasteiger partial charge on any atom is 0.315 e. The van der Waals surface area contributed by atoms with E-state index in [2.05, 4.69) is 31.9 Å². The predicted molar refractivity (Wildman–Crippen MR) is 207 cm³/mol. The Bertz CT molecular complexity index is 1490. The van der Waals surface area contributed by atoms with Crippen LogP contribution in [0.25, 0.3) is 0 Å². The molecule has 3 unspecified atom stereocenters. The largest absolute Gasteiger partial charge is 0.494 e. The van der Waals surface area contributed by atoms with Crippen LogP contribution in [0.3, 0.4) is 0 Å². The number of Topliss-reactive ketones (excluding diaryl/α,β-unsaturated/α-hetero) is 1. The molecule has 15 nitrogen and oxygen atoms in total. The summed E-state index contributed by atoms with van der Waals surface area (Å²) in [6, 6.07) is 11.7. The normalized spacial score (nSPS) is 17.3. The topological polar surface area (TPSA) is 221 Å². The van der Waals surface area contributed by atoms with Crippen LogP contribution in [-0.4, -0.2) is 92.3 Å². The third kappa shape index (κ3) is 18.5. The molecule has 1 fully saturated rings. The number of ether oxygens (including phenoxy) is 1. The molecule has 55 heavy (non-hydrogen) atoms. The first-order valence-electron chi connectivity index (χ1n) is 19.1. The summed E-state index contributed by atoms with van der Waals surface area (Å²) in [5, 5.41) is 22.0. The van der Waals surface area contributed by atoms with Gasteiger partial charge in [-0.3, -0.25) is 24.0 Å². The monoisotopic (exact) mass is 766 g/mol. The highest BCUT2D eigenvalue weighted by Gasteiger charge is 2.30. The lowest BCUT2D eigenvalue weighted by Gasteiger charge is -2.23. The van der Waals surface area contributed by atoms with Gasteiger partial charge in [-0.25, -0.2) is 4.79 Å². The van der Waals surface area contributed by atoms with E-state index in [1.807, 2.05) is 0 Å². The average Bonchev–Trinajstić information content (AvgIpc) is 3.22. The molecular formula is C40H58N6O9. The van der Waals surface area contributed by atoms with Crippen LogP contribution in [0.5, 0.6) is 5.75 Å². The highest BCUT2D eigenvalue weighted by molar-refractivity contribution is 6.38. The molecule has 2 aromatic rings. The highest BCUT2D eigenvalue weighted by Crippen LogP contribution is 2.17. The van der Waals surface area contributed by atoms with Gasteiger partial charge in [-0.1, -0.05) is 94.3 Å². The molecule has 0 aromatic heterocycles. The predicted octanol–water partition coefficient (Wildman–Crippen LogP) is 2.55. The Kier molecular flexibility index (Phi) is 22.8. The van der Waals surface area contributed by atoms with Gasteiger partial charge in [0.1, 0.15) is 24.1 Å². The van der Waals surface area contributed by atoms with Gasteiger partial charge in [0.15, 0.2) is 0 Å². The Hall–Kier alpha value is -5.31. The standard InChI is InChI=1S/C33H42N6O8.C6H12.CH4O/c1-2-10-25(30(43)32(45)35-19-28(41)38-27(21-40)23-12-5-3-6-13-23)39-31(44)26-18-22-11-9-14-24(17-22)47-16-8-4-7-15-34-33(46)36-20-29(42)37-26;1-2-4-6-5-3-1;1-2/h3,5-6,9,11-14,17,21,25-27H,2,4,7-8,10,15-16,18-20H2,1H3,(H,35,45)(H,37,42)(H,38,41)(H,39,44)(H2,34,36,46);1-6H2;2H,1H3. The number of fused-ring (bicyclic) bond motifs is 2. The molecule has 1 aliphatic heterocycles. The van der Waals surface area contributed by atoms with Crippen molar-refractivity contribution in [2.75, 3.05) is 33.4 Å². The van der Waals surface area contributed by atoms with Crippen molar-refractivity contribution in [1.29, 1.82) is 0 Å². The van der Waals surface area contributed by atoms with Crippen LogP contribution in [0.15, 0.2) is 54.6 Å². The van der Waals surface area contributed by atoms with Crippen molar-refractivity contribution in [3.8, 4) is 5.75 Å². The summed E-state index contributed by atoms with van der Waals surface area (Å²) >= 11 is 0. The van der Waals surface area contributed by atoms with Gasteiger partial charge < -0.3 is 46.5 Å². The lowest BCUT2D eigenvalue weighted by Crippen LogP contribution is -2.56. The second kappa shape index (κ2) is 27.3. The number of rotatable bonds is 11. The molecule has 4 rings (SSSR count). The number of aldehydes is 1. The van der Waals surface area contributed by atoms with E-state index >= 15 is 0 Å². The molecule has 0 radical (unpaired) electrons. The van der Waals surface area contributed by atoms with Crippen LogP contribution in [0, 0.1) is 0 Å². The van der Waals surface area contributed by atoms with Crippen molar-refractivity contribution in [1.82, 2.24) is 31.9 Å². The molecular weight excluding hydrogens is 708 g/mol. The number of amides is 6. The zero-order chi connectivity index (χ0) is 40.3. The Labute approximate surface area is 323 Å². The summed E-state index contributed by atoms with van der Waals surface area (Å²) in [5.41, 5.74) is 1.22. The van der Waals surface area contributed by atoms with Crippen molar-refractivity contribution in [3.63, 3.8) is 0 Å². The maximum absolute atomic E-state index is 13.5. The Balaban J connectivity index is 0.00000117. The van der Waals surface area contributed by atoms with Gasteiger partial charge in [0, 0.05) is 20.1 Å². The van der Waals surface area contributed by atoms with Crippen molar-refractivity contribution < 1.29 is 43.4 Å². The number of hydrogen-bond donors (Lipinski definition) is 7. The van der Waals surface area contributed by atoms with E-state index in [1.165, 1.54) is 38.5 Å². The molecule has 1 aliphatic carbocycles. The first-order chi connectivity index (χ1) is 26.7. The Morgan fingerprint density at radius 2 is 1.55 bits per heavy atom. The summed E-state index contributed by atoms with van der Waals surface area (Å²) in [5.74, 6) is -3.53. The van der Waals surface area contributed by atoms with Crippen LogP contribution in [0.1, 0.15) is 94.7 Å². The first-order valence-corrected chi connectivity index (χ1v) is 19.1. The summed E-state index contributed by atoms with van der Waals surface area (Å²) in [4.78, 5) is 88.1. The second-order valence-corrected chi connectivity index (χ2v) is 13.1. The van der Waals surface area contributed by atoms with E-state index in [-0.39, 0.29) is 12.8 Å². The van der Waals surface area contributed by atoms with Crippen molar-refractivity contribution in [3.05, 3.63) is 65.7 Å². The number of ketones is 1. The molecule has 6 amide bonds. The van der Waals surface area contributed by atoms with Gasteiger partial charge in [0.2, 0.25) is 23.5 Å². The molecule has 302 valence electrons. The molecule has 2 aromatic carbocycles. The van der Waals surface area contributed by atoms with Crippen LogP contribution >= 0.6 is 0 Å². The molecule has 0 spiro atoms. The van der Waals surface area contributed by atoms with Gasteiger partial charge in [-0.2, -0.15) is 0 Å². The molecule has 1 heterocycles. The van der Waals surface area contributed by atoms with E-state index in [9.17, 15) is 33.6 Å². The molecule has 3 atom stereocenters. The minimum absolute atomic E-state index is 0.0275. The Morgan fingerprint density at radius 3 is 2.20 bits per heavy atom. The summed E-state index contributed by atoms with van der Waals surface area (Å²) in [6.45, 7) is 1.68. The third-order valence-electron chi connectivity index (χ3n) is 8.73. The number of nitrogens with one attached hydrogen (secondary N) is 6. The van der Waals surface area contributed by atoms with Crippen LogP contribution in [0.4, 0.5) is 4.79 Å². The van der Waals surface area contributed by atoms with E-state index in [0.29, 0.717) is 42.7 Å². The molecule has 15 heteroatoms. The van der Waals surface area contributed by atoms with Gasteiger partial charge >= 0.3 is 6.03 Å². The minimum Gasteiger partial charge on any atom is -0.494 e. The zero-order valence-corrected chi connectivity index (χ0v) is 32.0. The molecule has 0 saturated heterocycles. The maximum atomic E-state index is 13.5. The SMILES string of the molecule is C1CCCCC1.CCCC(NC(=O)C1Cc2cccc(c2)OCCCCCNC(=O)NCC(=O)N1)C(=O)C(=O)NCC(=O)NC(C=O)c1ccccc1.CO. The van der Waals surface area contributed by atoms with Crippen molar-refractivity contribution in [2.24, 2.45) is 0 Å². The summed E-state index contributed by atoms with van der Waals surface area (Å²) < 4.78 is 5.83. The molecule has 7 N–H and O–H groups in total. The van der Waals surface area contributed by atoms with Gasteiger partial charge in [0.05, 0.1) is 25.7 Å². The summed E-state index contributed by atoms with van der Waals surface area (Å²) in [7, 11) is 1.00. The number of urea groups is 1. The minimum atomic E-state index is -1.25. The summed E-state index contributed by atoms with van der Waals surface area (Å²) in [6.07, 6.45) is 12.5. The van der Waals surface area contributed by atoms with Crippen molar-refractivity contribution in [2.45, 2.75) is 102 Å². The fourth-order valence-electron chi connectivity index (χ4n) is 5.85. The zero-order valence-electron chi connectivity index (χ0n) is 32.0. The van der Waals surface area contributed by atoms with Gasteiger partial charge in [-0.15, -0.1) is 0 Å². The number of aliphatic hydroxyl groups is 1. The van der Waals surface area contributed by atoms with Crippen LogP contribution < -0.4 is 36.6 Å². The van der Waals surface area contributed by atoms with E-state index in [1.54, 1.807) is 61.5 Å². The highest BCUT2D eigenvalue weighted by atomic mass is 16.5. The second-order valence-electron chi connectivity index (χ2n) is 13.1. The number of carbonyl (C=O) groups is 7. The third-order valence-corrected chi connectivity index (χ3v) is 8.73. The first kappa shape index (κ1) is 45.8. The van der Waals surface area contributed by atoms with Crippen LogP contribution in [-0.2, 0) is 35.2 Å². The number of benzene rings is 2. The van der Waals surface area contributed by atoms with E-state index in [0.717, 1.165) is 26.4 Å². The average molecular weight is 767 g/mol. The quantitative estimate of drug-likeness (QED) is 0.132.